The molecule has 6 unspecified atom stereocenters. The van der Waals surface area contributed by atoms with E-state index in [1.165, 1.54) is 12.5 Å². The fourth-order valence-electron chi connectivity index (χ4n) is 7.94. The molecule has 16 nitrogen and oxygen atoms in total. The fourth-order valence-corrected chi connectivity index (χ4v) is 7.94. The first kappa shape index (κ1) is 34.4. The Morgan fingerprint density at radius 2 is 1.79 bits per heavy atom. The lowest BCUT2D eigenvalue weighted by atomic mass is 9.62. The summed E-state index contributed by atoms with van der Waals surface area (Å²) in [5.41, 5.74) is 0.684. The van der Waals surface area contributed by atoms with Crippen LogP contribution in [0.2, 0.25) is 0 Å². The predicted octanol–water partition coefficient (Wildman–Crippen LogP) is 3.13. The van der Waals surface area contributed by atoms with Gasteiger partial charge in [0, 0.05) is 70.0 Å². The number of nitrogens with one attached hydrogen (secondary N) is 3. The third-order valence-electron chi connectivity index (χ3n) is 10.3. The van der Waals surface area contributed by atoms with Gasteiger partial charge in [-0.1, -0.05) is 13.8 Å². The van der Waals surface area contributed by atoms with E-state index in [9.17, 15) is 19.7 Å². The number of hydrogen-bond donors (Lipinski definition) is 3. The lowest BCUT2D eigenvalue weighted by Gasteiger charge is -2.50. The van der Waals surface area contributed by atoms with Crippen LogP contribution < -0.4 is 16.0 Å². The van der Waals surface area contributed by atoms with Crippen LogP contribution in [0.4, 0.5) is 11.4 Å². The average molecular weight is 674 g/mol. The third-order valence-corrected chi connectivity index (χ3v) is 10.3. The molecule has 1 spiro atoms. The molecule has 2 aliphatic heterocycles. The second-order valence-electron chi connectivity index (χ2n) is 13.9. The number of morpholine rings is 1. The zero-order chi connectivity index (χ0) is 33.7. The number of amides is 2. The first-order valence-electron chi connectivity index (χ1n) is 17.2. The molecule has 6 rings (SSSR count). The molecule has 2 saturated carbocycles. The highest BCUT2D eigenvalue weighted by atomic mass is 17.3. The fraction of sp³-hybridized carbons (Fsp3) is 0.750. The number of fused-ring (bicyclic) bond motifs is 4. The Labute approximate surface area is 278 Å². The minimum Gasteiger partial charge on any atom is -0.383 e. The first-order valence-corrected chi connectivity index (χ1v) is 17.2. The van der Waals surface area contributed by atoms with Gasteiger partial charge in [0.25, 0.3) is 0 Å². The summed E-state index contributed by atoms with van der Waals surface area (Å²) in [6, 6.07) is 2.90. The number of hydrogen-bond acceptors (Lipinski definition) is 13. The van der Waals surface area contributed by atoms with Crippen molar-refractivity contribution in [3.8, 4) is 0 Å². The maximum absolute atomic E-state index is 13.3. The van der Waals surface area contributed by atoms with Crippen LogP contribution in [0.25, 0.3) is 11.0 Å². The molecule has 2 amide bonds. The van der Waals surface area contributed by atoms with Gasteiger partial charge in [-0.3, -0.25) is 24.6 Å². The number of nitro groups is 1. The Morgan fingerprint density at radius 1 is 1.00 bits per heavy atom. The van der Waals surface area contributed by atoms with Crippen molar-refractivity contribution >= 4 is 34.2 Å². The van der Waals surface area contributed by atoms with Gasteiger partial charge < -0.3 is 25.4 Å². The van der Waals surface area contributed by atoms with Crippen LogP contribution in [-0.4, -0.2) is 96.0 Å². The molecule has 4 aliphatic rings. The van der Waals surface area contributed by atoms with Gasteiger partial charge in [-0.15, -0.1) is 0 Å². The molecule has 3 heterocycles. The molecule has 3 N–H and O–H groups in total. The Kier molecular flexibility index (Phi) is 10.7. The summed E-state index contributed by atoms with van der Waals surface area (Å²) in [5.74, 6) is -1.34. The van der Waals surface area contributed by atoms with Crippen molar-refractivity contribution in [3.05, 3.63) is 22.2 Å². The van der Waals surface area contributed by atoms with E-state index in [2.05, 4.69) is 45.0 Å². The molecule has 2 aromatic rings. The number of ether oxygens (including phenoxy) is 2. The number of non-ortho nitro benzene ring substituents is 1. The van der Waals surface area contributed by atoms with Gasteiger partial charge in [-0.25, -0.2) is 4.63 Å². The average Bonchev–Trinajstić information content (AvgIpc) is 3.70. The predicted molar refractivity (Wildman–Crippen MR) is 171 cm³/mol. The lowest BCUT2D eigenvalue weighted by molar-refractivity contribution is -0.383. The van der Waals surface area contributed by atoms with Crippen molar-refractivity contribution < 1.29 is 38.4 Å². The number of benzene rings is 1. The minimum atomic E-state index is -1.39. The largest absolute Gasteiger partial charge is 0.383 e. The molecule has 2 saturated heterocycles. The third kappa shape index (κ3) is 7.72. The van der Waals surface area contributed by atoms with Gasteiger partial charge in [0.1, 0.15) is 0 Å². The number of nitrogens with zero attached hydrogens (tertiary/aromatic N) is 4. The van der Waals surface area contributed by atoms with Crippen LogP contribution in [0.1, 0.15) is 65.2 Å². The van der Waals surface area contributed by atoms with Crippen molar-refractivity contribution in [3.63, 3.8) is 0 Å². The molecule has 16 heteroatoms. The highest BCUT2D eigenvalue weighted by Crippen LogP contribution is 2.57. The monoisotopic (exact) mass is 673 g/mol. The topological polar surface area (TPSA) is 192 Å². The molecule has 264 valence electrons. The summed E-state index contributed by atoms with van der Waals surface area (Å²) in [7, 11) is 0. The molecule has 2 aliphatic carbocycles. The zero-order valence-electron chi connectivity index (χ0n) is 27.7. The van der Waals surface area contributed by atoms with Crippen molar-refractivity contribution in [1.29, 1.82) is 0 Å². The molecular weight excluding hydrogens is 626 g/mol. The van der Waals surface area contributed by atoms with Crippen LogP contribution in [0.15, 0.2) is 16.8 Å². The zero-order valence-corrected chi connectivity index (χ0v) is 27.7. The Balaban J connectivity index is 1.04. The van der Waals surface area contributed by atoms with Gasteiger partial charge in [0.15, 0.2) is 5.52 Å². The molecule has 1 aromatic heterocycles. The number of nitro benzene ring substituents is 1. The standard InChI is InChI=1S/C32H47N7O9/c1-21-16-23-18-22(2)32(24(17-21)19-23)45-31(46-47-32,7-6-27(40)35-10-11-38-12-14-44-15-13-38)20-28(41)34-9-3-8-33-25-4-5-26(39(42)43)30-29(25)36-48-37-30/h4-5,21-24,33H,3,6-20H2,1-2H3,(H,34,41)(H,35,40). The highest BCUT2D eigenvalue weighted by Gasteiger charge is 2.63. The van der Waals surface area contributed by atoms with Gasteiger partial charge >= 0.3 is 5.69 Å². The Bertz CT molecular complexity index is 1450. The van der Waals surface area contributed by atoms with Crippen molar-refractivity contribution in [2.45, 2.75) is 76.8 Å². The van der Waals surface area contributed by atoms with Crippen LogP contribution in [0.3, 0.4) is 0 Å². The molecule has 48 heavy (non-hydrogen) atoms. The van der Waals surface area contributed by atoms with Crippen molar-refractivity contribution in [2.75, 3.05) is 57.8 Å². The normalized spacial score (nSPS) is 30.4. The number of rotatable bonds is 14. The van der Waals surface area contributed by atoms with E-state index < -0.39 is 16.5 Å². The second kappa shape index (κ2) is 15.0. The molecule has 4 fully saturated rings. The molecular formula is C32H47N7O9. The number of carbonyl (C=O) groups excluding carboxylic acids is 2. The SMILES string of the molecule is CC1CC2CC(C)C3(OOC(CCC(=O)NCCN4CCOCC4)(CC(=O)NCCCNc4ccc([N+](=O)[O-])c5nonc45)O3)C(C1)C2. The van der Waals surface area contributed by atoms with E-state index in [0.29, 0.717) is 56.8 Å². The summed E-state index contributed by atoms with van der Waals surface area (Å²) in [5, 5.41) is 27.8. The molecule has 1 aromatic carbocycles. The molecule has 2 bridgehead atoms. The van der Waals surface area contributed by atoms with E-state index >= 15 is 0 Å². The number of carbonyl (C=O) groups is 2. The van der Waals surface area contributed by atoms with Crippen molar-refractivity contribution in [2.24, 2.45) is 23.7 Å². The summed E-state index contributed by atoms with van der Waals surface area (Å²) in [6.45, 7) is 9.58. The second-order valence-corrected chi connectivity index (χ2v) is 13.9. The van der Waals surface area contributed by atoms with Crippen LogP contribution in [0.5, 0.6) is 0 Å². The van der Waals surface area contributed by atoms with Crippen LogP contribution in [0, 0.1) is 33.8 Å². The van der Waals surface area contributed by atoms with E-state index in [-0.39, 0.29) is 59.6 Å². The first-order chi connectivity index (χ1) is 23.2. The number of aromatic nitrogens is 2. The molecule has 6 atom stereocenters. The van der Waals surface area contributed by atoms with Crippen LogP contribution in [-0.2, 0) is 28.8 Å². The van der Waals surface area contributed by atoms with Crippen molar-refractivity contribution in [1.82, 2.24) is 25.8 Å². The summed E-state index contributed by atoms with van der Waals surface area (Å²) >= 11 is 0. The number of anilines is 1. The maximum Gasteiger partial charge on any atom is 0.300 e. The Morgan fingerprint density at radius 3 is 2.60 bits per heavy atom. The molecule has 0 radical (unpaired) electrons. The van der Waals surface area contributed by atoms with E-state index in [4.69, 9.17) is 23.9 Å². The van der Waals surface area contributed by atoms with E-state index in [1.807, 2.05) is 0 Å². The quantitative estimate of drug-likeness (QED) is 0.115. The van der Waals surface area contributed by atoms with Gasteiger partial charge in [0.2, 0.25) is 28.9 Å². The van der Waals surface area contributed by atoms with Gasteiger partial charge in [-0.05, 0) is 60.3 Å². The highest BCUT2D eigenvalue weighted by molar-refractivity contribution is 5.93. The van der Waals surface area contributed by atoms with E-state index in [1.54, 1.807) is 6.07 Å². The maximum atomic E-state index is 13.3. The summed E-state index contributed by atoms with van der Waals surface area (Å²) < 4.78 is 16.9. The van der Waals surface area contributed by atoms with Gasteiger partial charge in [0.05, 0.1) is 30.2 Å². The van der Waals surface area contributed by atoms with Crippen LogP contribution >= 0.6 is 0 Å². The van der Waals surface area contributed by atoms with E-state index in [0.717, 1.165) is 38.9 Å². The minimum absolute atomic E-state index is 0.0661. The lowest BCUT2D eigenvalue weighted by Crippen LogP contribution is -2.54. The van der Waals surface area contributed by atoms with Gasteiger partial charge in [-0.2, -0.15) is 9.78 Å². The summed E-state index contributed by atoms with van der Waals surface area (Å²) in [4.78, 5) is 51.4. The summed E-state index contributed by atoms with van der Waals surface area (Å²) in [6.07, 6.45) is 4.87. The Hall–Kier alpha value is -3.44. The smallest absolute Gasteiger partial charge is 0.300 e.